The van der Waals surface area contributed by atoms with Gasteiger partial charge in [0.25, 0.3) is 0 Å². The highest BCUT2D eigenvalue weighted by Crippen LogP contribution is 2.33. The molecule has 30 heavy (non-hydrogen) atoms. The van der Waals surface area contributed by atoms with Crippen LogP contribution in [0.5, 0.6) is 0 Å². The Labute approximate surface area is 193 Å². The molecule has 0 aliphatic carbocycles. The monoisotopic (exact) mass is 456 g/mol. The lowest BCUT2D eigenvalue weighted by Crippen LogP contribution is -2.22. The molecule has 0 bridgehead atoms. The van der Waals surface area contributed by atoms with Crippen molar-refractivity contribution in [1.82, 2.24) is 0 Å². The molecular weight excluding hydrogens is 416 g/mol. The van der Waals surface area contributed by atoms with Gasteiger partial charge in [0.2, 0.25) is 0 Å². The highest BCUT2D eigenvalue weighted by molar-refractivity contribution is 8.14. The molecule has 4 nitrogen and oxygen atoms in total. The van der Waals surface area contributed by atoms with E-state index in [1.165, 1.54) is 29.8 Å². The molecule has 0 spiro atoms. The first kappa shape index (κ1) is 33.2. The second-order valence-corrected chi connectivity index (χ2v) is 10.1. The fraction of sp³-hybridized carbons (Fsp3) is 0.583. The van der Waals surface area contributed by atoms with Gasteiger partial charge >= 0.3 is 0 Å². The van der Waals surface area contributed by atoms with Gasteiger partial charge in [-0.05, 0) is 73.3 Å². The van der Waals surface area contributed by atoms with Crippen molar-refractivity contribution < 1.29 is 19.2 Å². The third-order valence-corrected chi connectivity index (χ3v) is 4.73. The van der Waals surface area contributed by atoms with Gasteiger partial charge in [-0.3, -0.25) is 14.4 Å². The van der Waals surface area contributed by atoms with E-state index in [1.807, 2.05) is 13.8 Å². The Hall–Kier alpha value is -1.40. The maximum Gasteiger partial charge on any atom is 0.186 e. The van der Waals surface area contributed by atoms with Gasteiger partial charge in [-0.1, -0.05) is 40.6 Å². The number of carbonyl (C=O) groups is 4. The van der Waals surface area contributed by atoms with E-state index in [0.29, 0.717) is 6.42 Å². The first-order valence-electron chi connectivity index (χ1n) is 10.00. The van der Waals surface area contributed by atoms with E-state index < -0.39 is 0 Å². The molecule has 172 valence electrons. The van der Waals surface area contributed by atoms with Crippen molar-refractivity contribution in [2.45, 2.75) is 92.2 Å². The van der Waals surface area contributed by atoms with Gasteiger partial charge in [-0.15, -0.1) is 12.6 Å². The SMILES string of the molecule is CC(=O)S.CC(=O)SC(C)(CC=O)CCC=C(C)C.CC(C)=CCC/C(C)=C/C=O. The van der Waals surface area contributed by atoms with Crippen molar-refractivity contribution in [3.8, 4) is 0 Å². The molecule has 0 fully saturated rings. The van der Waals surface area contributed by atoms with Crippen molar-refractivity contribution in [2.75, 3.05) is 0 Å². The summed E-state index contributed by atoms with van der Waals surface area (Å²) in [6.07, 6.45) is 11.9. The molecule has 0 saturated carbocycles. The van der Waals surface area contributed by atoms with Gasteiger partial charge in [0.1, 0.15) is 12.6 Å². The van der Waals surface area contributed by atoms with Crippen LogP contribution in [0.25, 0.3) is 0 Å². The average molecular weight is 457 g/mol. The zero-order chi connectivity index (χ0) is 24.2. The fourth-order valence-electron chi connectivity index (χ4n) is 2.17. The summed E-state index contributed by atoms with van der Waals surface area (Å²) in [5, 5.41) is -0.0587. The summed E-state index contributed by atoms with van der Waals surface area (Å²) in [7, 11) is 0. The van der Waals surface area contributed by atoms with Crippen LogP contribution < -0.4 is 0 Å². The van der Waals surface area contributed by atoms with E-state index in [1.54, 1.807) is 13.0 Å². The van der Waals surface area contributed by atoms with Crippen LogP contribution in [-0.4, -0.2) is 27.5 Å². The van der Waals surface area contributed by atoms with Crippen LogP contribution in [0.2, 0.25) is 0 Å². The van der Waals surface area contributed by atoms with E-state index in [-0.39, 0.29) is 15.0 Å². The van der Waals surface area contributed by atoms with Crippen molar-refractivity contribution in [2.24, 2.45) is 0 Å². The van der Waals surface area contributed by atoms with E-state index in [2.05, 4.69) is 52.5 Å². The Kier molecular flexibility index (Phi) is 23.1. The molecule has 0 aromatic carbocycles. The number of thiol groups is 1. The summed E-state index contributed by atoms with van der Waals surface area (Å²) < 4.78 is -0.237. The highest BCUT2D eigenvalue weighted by atomic mass is 32.2. The molecule has 0 amide bonds. The molecule has 1 atom stereocenters. The summed E-state index contributed by atoms with van der Waals surface area (Å²) in [6, 6.07) is 0. The third-order valence-electron chi connectivity index (χ3n) is 3.57. The third kappa shape index (κ3) is 31.3. The molecule has 0 radical (unpaired) electrons. The minimum atomic E-state index is -0.237. The molecule has 0 saturated heterocycles. The zero-order valence-corrected chi connectivity index (χ0v) is 21.6. The second kappa shape index (κ2) is 20.9. The fourth-order valence-corrected chi connectivity index (χ4v) is 3.24. The van der Waals surface area contributed by atoms with Crippen LogP contribution in [-0.2, 0) is 19.2 Å². The van der Waals surface area contributed by atoms with Gasteiger partial charge in [0, 0.05) is 25.0 Å². The Morgan fingerprint density at radius 3 is 1.73 bits per heavy atom. The van der Waals surface area contributed by atoms with E-state index >= 15 is 0 Å². The highest BCUT2D eigenvalue weighted by Gasteiger charge is 2.25. The molecule has 0 N–H and O–H groups in total. The van der Waals surface area contributed by atoms with E-state index in [4.69, 9.17) is 0 Å². The van der Waals surface area contributed by atoms with Crippen LogP contribution >= 0.6 is 24.4 Å². The summed E-state index contributed by atoms with van der Waals surface area (Å²) in [4.78, 5) is 41.0. The predicted molar refractivity (Wildman–Crippen MR) is 134 cm³/mol. The van der Waals surface area contributed by atoms with Gasteiger partial charge < -0.3 is 4.79 Å². The lowest BCUT2D eigenvalue weighted by Gasteiger charge is -2.24. The number of carbonyl (C=O) groups excluding carboxylic acids is 4. The Morgan fingerprint density at radius 1 is 0.900 bits per heavy atom. The smallest absolute Gasteiger partial charge is 0.186 e. The Morgan fingerprint density at radius 2 is 1.37 bits per heavy atom. The molecule has 0 aromatic heterocycles. The molecule has 0 rings (SSSR count). The number of aldehydes is 2. The van der Waals surface area contributed by atoms with Gasteiger partial charge in [-0.2, -0.15) is 0 Å². The topological polar surface area (TPSA) is 68.3 Å². The van der Waals surface area contributed by atoms with Gasteiger partial charge in [0.05, 0.1) is 0 Å². The van der Waals surface area contributed by atoms with Crippen LogP contribution in [0.15, 0.2) is 34.9 Å². The first-order chi connectivity index (χ1) is 13.8. The second-order valence-electron chi connectivity index (χ2n) is 7.72. The number of allylic oxidation sites excluding steroid dienone is 6. The first-order valence-corrected chi connectivity index (χ1v) is 11.3. The van der Waals surface area contributed by atoms with Gasteiger partial charge in [0.15, 0.2) is 10.2 Å². The van der Waals surface area contributed by atoms with Crippen molar-refractivity contribution in [3.05, 3.63) is 34.9 Å². The quantitative estimate of drug-likeness (QED) is 0.171. The predicted octanol–water partition coefficient (Wildman–Crippen LogP) is 6.70. The van der Waals surface area contributed by atoms with Crippen LogP contribution in [0.4, 0.5) is 0 Å². The number of rotatable bonds is 10. The molecular formula is C24H40O4S2. The largest absolute Gasteiger partial charge is 0.303 e. The number of hydrogen-bond acceptors (Lipinski definition) is 5. The molecule has 0 heterocycles. The van der Waals surface area contributed by atoms with Gasteiger partial charge in [-0.25, -0.2) is 0 Å². The van der Waals surface area contributed by atoms with Crippen molar-refractivity contribution >= 4 is 47.2 Å². The van der Waals surface area contributed by atoms with Crippen molar-refractivity contribution in [1.29, 1.82) is 0 Å². The Bertz CT molecular complexity index is 607. The molecule has 1 unspecified atom stereocenters. The maximum absolute atomic E-state index is 11.1. The standard InChI is InChI=1S/C12H20O2S.C10H16O.C2H4OS/c1-10(2)6-5-7-12(4,8-9-13)15-11(3)14;1-9(2)5-4-6-10(3)7-8-11;1-2(3)4/h6,9H,5,7-8H2,1-4H3;5,7-8H,4,6H2,1-3H3;1H3,(H,3,4)/b;10-7+;. The average Bonchev–Trinajstić information content (AvgIpc) is 2.53. The van der Waals surface area contributed by atoms with Crippen LogP contribution in [0.1, 0.15) is 87.5 Å². The zero-order valence-electron chi connectivity index (χ0n) is 19.9. The maximum atomic E-state index is 11.1. The van der Waals surface area contributed by atoms with Crippen LogP contribution in [0.3, 0.4) is 0 Å². The molecule has 0 aliphatic rings. The lowest BCUT2D eigenvalue weighted by atomic mass is 10.0. The molecule has 0 aliphatic heterocycles. The lowest BCUT2D eigenvalue weighted by molar-refractivity contribution is -0.110. The summed E-state index contributed by atoms with van der Waals surface area (Å²) in [5.41, 5.74) is 3.76. The minimum absolute atomic E-state index is 0.0801. The number of thioether (sulfide) groups is 1. The normalized spacial score (nSPS) is 12.0. The van der Waals surface area contributed by atoms with E-state index in [9.17, 15) is 19.2 Å². The number of hydrogen-bond donors (Lipinski definition) is 1. The van der Waals surface area contributed by atoms with Crippen molar-refractivity contribution in [3.63, 3.8) is 0 Å². The summed E-state index contributed by atoms with van der Waals surface area (Å²) >= 11 is 4.61. The Balaban J connectivity index is -0.000000425. The summed E-state index contributed by atoms with van der Waals surface area (Å²) in [5.74, 6) is 0. The molecule has 0 aromatic rings. The van der Waals surface area contributed by atoms with Crippen LogP contribution in [0, 0.1) is 0 Å². The molecule has 6 heteroatoms. The minimum Gasteiger partial charge on any atom is -0.303 e. The van der Waals surface area contributed by atoms with E-state index in [0.717, 1.165) is 43.8 Å². The summed E-state index contributed by atoms with van der Waals surface area (Å²) in [6.45, 7) is 15.2.